The van der Waals surface area contributed by atoms with E-state index in [4.69, 9.17) is 0 Å². The average Bonchev–Trinajstić information content (AvgIpc) is 3.29. The van der Waals surface area contributed by atoms with E-state index in [-0.39, 0.29) is 17.3 Å². The van der Waals surface area contributed by atoms with E-state index < -0.39 is 24.0 Å². The number of hydrogen-bond donors (Lipinski definition) is 2. The third-order valence-electron chi connectivity index (χ3n) is 4.37. The van der Waals surface area contributed by atoms with E-state index in [1.165, 1.54) is 12.1 Å². The number of carbonyl (C=O) groups is 2. The van der Waals surface area contributed by atoms with Crippen LogP contribution in [0.15, 0.2) is 41.0 Å². The van der Waals surface area contributed by atoms with Crippen molar-refractivity contribution in [3.8, 4) is 0 Å². The third kappa shape index (κ3) is 2.28. The van der Waals surface area contributed by atoms with Gasteiger partial charge in [-0.15, -0.1) is 0 Å². The Morgan fingerprint density at radius 1 is 1.30 bits per heavy atom. The molecule has 1 aliphatic carbocycles. The van der Waals surface area contributed by atoms with Crippen molar-refractivity contribution in [2.75, 3.05) is 5.01 Å². The molecule has 2 aliphatic heterocycles. The molecule has 1 aromatic carbocycles. The number of hydrogen-bond acceptors (Lipinski definition) is 4. The lowest BCUT2D eigenvalue weighted by Gasteiger charge is -2.31. The second-order valence-corrected chi connectivity index (χ2v) is 5.96. The molecular weight excluding hydrogens is 301 g/mol. The van der Waals surface area contributed by atoms with Gasteiger partial charge in [0.05, 0.1) is 22.9 Å². The second-order valence-electron chi connectivity index (χ2n) is 5.96. The zero-order valence-electron chi connectivity index (χ0n) is 12.1. The molecule has 0 spiro atoms. The van der Waals surface area contributed by atoms with Gasteiger partial charge in [-0.2, -0.15) is 5.10 Å². The summed E-state index contributed by atoms with van der Waals surface area (Å²) in [5.41, 5.74) is 1.46. The summed E-state index contributed by atoms with van der Waals surface area (Å²) < 4.78 is 13.1. The van der Waals surface area contributed by atoms with Crippen LogP contribution in [0.25, 0.3) is 0 Å². The third-order valence-corrected chi connectivity index (χ3v) is 4.37. The number of benzene rings is 1. The number of carbonyl (C=O) groups excluding carboxylic acids is 1. The van der Waals surface area contributed by atoms with Gasteiger partial charge in [0.15, 0.2) is 0 Å². The van der Waals surface area contributed by atoms with Crippen LogP contribution in [0.4, 0.5) is 10.1 Å². The normalized spacial score (nSPS) is 26.3. The van der Waals surface area contributed by atoms with E-state index in [0.717, 1.165) is 24.6 Å². The number of amides is 1. The number of anilines is 1. The van der Waals surface area contributed by atoms with Gasteiger partial charge in [-0.25, -0.2) is 14.2 Å². The van der Waals surface area contributed by atoms with Gasteiger partial charge < -0.3 is 10.4 Å². The van der Waals surface area contributed by atoms with Crippen molar-refractivity contribution in [3.05, 3.63) is 41.7 Å². The molecule has 0 radical (unpaired) electrons. The number of fused-ring (bicyclic) bond motifs is 1. The molecule has 0 aromatic heterocycles. The van der Waals surface area contributed by atoms with Crippen LogP contribution in [0.1, 0.15) is 12.8 Å². The number of aliphatic carboxylic acids is 1. The molecule has 2 heterocycles. The van der Waals surface area contributed by atoms with Gasteiger partial charge >= 0.3 is 5.97 Å². The number of carboxylic acids is 1. The molecule has 0 unspecified atom stereocenters. The van der Waals surface area contributed by atoms with E-state index in [0.29, 0.717) is 5.69 Å². The fourth-order valence-electron chi connectivity index (χ4n) is 3.17. The molecule has 1 aromatic rings. The average molecular weight is 315 g/mol. The minimum absolute atomic E-state index is 0.0639. The highest BCUT2D eigenvalue weighted by atomic mass is 19.1. The number of carboxylic acid groups (broad SMARTS) is 1. The first-order valence-corrected chi connectivity index (χ1v) is 7.43. The van der Waals surface area contributed by atoms with Crippen LogP contribution in [0.3, 0.4) is 0 Å². The molecular formula is C16H14FN3O3. The first kappa shape index (κ1) is 13.9. The highest BCUT2D eigenvalue weighted by molar-refractivity contribution is 6.09. The van der Waals surface area contributed by atoms with Gasteiger partial charge in [0.2, 0.25) is 5.91 Å². The fraction of sp³-hybridized carbons (Fsp3) is 0.312. The van der Waals surface area contributed by atoms with Crippen LogP contribution in [0.2, 0.25) is 0 Å². The summed E-state index contributed by atoms with van der Waals surface area (Å²) in [6, 6.07) is 5.76. The summed E-state index contributed by atoms with van der Waals surface area (Å²) in [5, 5.41) is 18.4. The van der Waals surface area contributed by atoms with Crippen LogP contribution in [-0.4, -0.2) is 28.9 Å². The summed E-state index contributed by atoms with van der Waals surface area (Å²) in [6.07, 6.45) is 2.50. The van der Waals surface area contributed by atoms with Crippen molar-refractivity contribution >= 4 is 23.3 Å². The molecule has 3 aliphatic rings. The summed E-state index contributed by atoms with van der Waals surface area (Å²) in [4.78, 5) is 23.4. The van der Waals surface area contributed by atoms with E-state index in [9.17, 15) is 19.1 Å². The van der Waals surface area contributed by atoms with E-state index in [1.54, 1.807) is 17.1 Å². The van der Waals surface area contributed by atoms with Crippen LogP contribution in [0.5, 0.6) is 0 Å². The SMILES string of the molecule is O=C1C=C(C(=O)O)[C@H]2C(C3CC3)=NN(c3ccc(F)cc3)[C@@H]2N1. The van der Waals surface area contributed by atoms with Gasteiger partial charge in [-0.1, -0.05) is 0 Å². The summed E-state index contributed by atoms with van der Waals surface area (Å²) >= 11 is 0. The predicted molar refractivity (Wildman–Crippen MR) is 80.2 cm³/mol. The highest BCUT2D eigenvalue weighted by Gasteiger charge is 2.49. The van der Waals surface area contributed by atoms with Gasteiger partial charge in [-0.05, 0) is 43.0 Å². The maximum Gasteiger partial charge on any atom is 0.332 e. The Morgan fingerprint density at radius 3 is 2.61 bits per heavy atom. The lowest BCUT2D eigenvalue weighted by molar-refractivity contribution is -0.134. The molecule has 4 rings (SSSR count). The zero-order chi connectivity index (χ0) is 16.1. The molecule has 0 bridgehead atoms. The van der Waals surface area contributed by atoms with Gasteiger partial charge in [0, 0.05) is 6.08 Å². The summed E-state index contributed by atoms with van der Waals surface area (Å²) in [5.74, 6) is -2.14. The Kier molecular flexibility index (Phi) is 2.97. The van der Waals surface area contributed by atoms with Crippen LogP contribution in [-0.2, 0) is 9.59 Å². The van der Waals surface area contributed by atoms with E-state index in [2.05, 4.69) is 10.4 Å². The number of hydrazone groups is 1. The Bertz CT molecular complexity index is 752. The Balaban J connectivity index is 1.78. The van der Waals surface area contributed by atoms with Crippen molar-refractivity contribution < 1.29 is 19.1 Å². The molecule has 7 heteroatoms. The minimum Gasteiger partial charge on any atom is -0.478 e. The first-order valence-electron chi connectivity index (χ1n) is 7.43. The van der Waals surface area contributed by atoms with Gasteiger partial charge in [0.1, 0.15) is 12.0 Å². The standard InChI is InChI=1S/C16H14FN3O3/c17-9-3-5-10(6-4-9)20-15-13(14(19-20)8-1-2-8)11(16(22)23)7-12(21)18-15/h3-8,13,15H,1-2H2,(H,18,21)(H,22,23)/t13-,15-/m0/s1. The molecule has 23 heavy (non-hydrogen) atoms. The molecule has 0 saturated heterocycles. The lowest BCUT2D eigenvalue weighted by Crippen LogP contribution is -2.52. The smallest absolute Gasteiger partial charge is 0.332 e. The van der Waals surface area contributed by atoms with Crippen molar-refractivity contribution in [2.24, 2.45) is 16.9 Å². The van der Waals surface area contributed by atoms with Crippen molar-refractivity contribution in [3.63, 3.8) is 0 Å². The summed E-state index contributed by atoms with van der Waals surface area (Å²) in [7, 11) is 0. The molecule has 1 saturated carbocycles. The monoisotopic (exact) mass is 315 g/mol. The predicted octanol–water partition coefficient (Wildman–Crippen LogP) is 1.49. The summed E-state index contributed by atoms with van der Waals surface area (Å²) in [6.45, 7) is 0. The zero-order valence-corrected chi connectivity index (χ0v) is 12.1. The highest BCUT2D eigenvalue weighted by Crippen LogP contribution is 2.42. The minimum atomic E-state index is -1.11. The fourth-order valence-corrected chi connectivity index (χ4v) is 3.17. The lowest BCUT2D eigenvalue weighted by atomic mass is 9.86. The first-order chi connectivity index (χ1) is 11.0. The van der Waals surface area contributed by atoms with E-state index in [1.807, 2.05) is 0 Å². The Hall–Kier alpha value is -2.70. The Labute approximate surface area is 131 Å². The van der Waals surface area contributed by atoms with Crippen LogP contribution in [0, 0.1) is 17.7 Å². The molecule has 1 fully saturated rings. The number of nitrogens with zero attached hydrogens (tertiary/aromatic N) is 2. The van der Waals surface area contributed by atoms with E-state index >= 15 is 0 Å². The largest absolute Gasteiger partial charge is 0.478 e. The maximum absolute atomic E-state index is 13.1. The van der Waals surface area contributed by atoms with Crippen LogP contribution >= 0.6 is 0 Å². The molecule has 1 amide bonds. The van der Waals surface area contributed by atoms with Crippen molar-refractivity contribution in [1.29, 1.82) is 0 Å². The topological polar surface area (TPSA) is 82.0 Å². The molecule has 2 atom stereocenters. The molecule has 6 nitrogen and oxygen atoms in total. The number of halogens is 1. The molecule has 118 valence electrons. The quantitative estimate of drug-likeness (QED) is 0.885. The second kappa shape index (κ2) is 4.91. The molecule has 2 N–H and O–H groups in total. The van der Waals surface area contributed by atoms with Crippen LogP contribution < -0.4 is 10.3 Å². The number of nitrogens with one attached hydrogen (secondary N) is 1. The van der Waals surface area contributed by atoms with Crippen molar-refractivity contribution in [2.45, 2.75) is 19.0 Å². The Morgan fingerprint density at radius 2 is 2.00 bits per heavy atom. The van der Waals surface area contributed by atoms with Gasteiger partial charge in [0.25, 0.3) is 0 Å². The number of rotatable bonds is 3. The van der Waals surface area contributed by atoms with Gasteiger partial charge in [-0.3, -0.25) is 4.79 Å². The van der Waals surface area contributed by atoms with Crippen molar-refractivity contribution in [1.82, 2.24) is 5.32 Å². The maximum atomic E-state index is 13.1.